The molecule has 0 amide bonds. The van der Waals surface area contributed by atoms with Crippen LogP contribution in [-0.2, 0) is 6.61 Å². The minimum atomic E-state index is 0.103. The first-order valence-corrected chi connectivity index (χ1v) is 8.50. The average molecular weight is 339 g/mol. The minimum absolute atomic E-state index is 0.103. The highest BCUT2D eigenvalue weighted by atomic mass is 32.2. The first-order chi connectivity index (χ1) is 11.6. The van der Waals surface area contributed by atoms with Crippen LogP contribution in [0.5, 0.6) is 5.75 Å². The Morgan fingerprint density at radius 2 is 1.50 bits per heavy atom. The van der Waals surface area contributed by atoms with E-state index < -0.39 is 0 Å². The molecule has 0 bridgehead atoms. The van der Waals surface area contributed by atoms with Gasteiger partial charge in [0.05, 0.1) is 0 Å². The number of nitrogen functional groups attached to an aromatic ring is 2. The Morgan fingerprint density at radius 1 is 0.875 bits per heavy atom. The van der Waals surface area contributed by atoms with Crippen molar-refractivity contribution < 1.29 is 4.74 Å². The zero-order chi connectivity index (χ0) is 16.9. The van der Waals surface area contributed by atoms with Crippen molar-refractivity contribution >= 4 is 23.7 Å². The summed E-state index contributed by atoms with van der Waals surface area (Å²) in [6, 6.07) is 15.8. The largest absolute Gasteiger partial charge is 0.489 e. The number of hydrogen-bond acceptors (Lipinski definition) is 7. The molecule has 24 heavy (non-hydrogen) atoms. The van der Waals surface area contributed by atoms with Crippen molar-refractivity contribution in [3.05, 3.63) is 54.1 Å². The molecule has 0 aliphatic carbocycles. The van der Waals surface area contributed by atoms with Crippen LogP contribution in [0.2, 0.25) is 0 Å². The van der Waals surface area contributed by atoms with E-state index in [-0.39, 0.29) is 11.9 Å². The van der Waals surface area contributed by atoms with Gasteiger partial charge in [-0.25, -0.2) is 0 Å². The number of hydrogen-bond donors (Lipinski definition) is 2. The molecule has 4 N–H and O–H groups in total. The Labute approximate surface area is 144 Å². The number of nitrogens with two attached hydrogens (primary N) is 2. The molecule has 0 fully saturated rings. The Morgan fingerprint density at radius 3 is 2.08 bits per heavy atom. The van der Waals surface area contributed by atoms with Crippen molar-refractivity contribution in [3.8, 4) is 17.1 Å². The van der Waals surface area contributed by atoms with E-state index in [9.17, 15) is 0 Å². The van der Waals surface area contributed by atoms with Crippen LogP contribution in [0.4, 0.5) is 11.9 Å². The van der Waals surface area contributed by atoms with E-state index >= 15 is 0 Å². The molecule has 0 spiro atoms. The second kappa shape index (κ2) is 7.18. The number of nitrogens with zero attached hydrogens (tertiary/aromatic N) is 3. The first kappa shape index (κ1) is 16.1. The van der Waals surface area contributed by atoms with Crippen molar-refractivity contribution in [2.75, 3.05) is 17.7 Å². The SMILES string of the molecule is CSc1ccc(COc2ccc(-c3nc(N)nc(N)n3)cc2)cc1. The highest BCUT2D eigenvalue weighted by molar-refractivity contribution is 7.98. The molecule has 1 heterocycles. The van der Waals surface area contributed by atoms with Crippen molar-refractivity contribution in [2.45, 2.75) is 11.5 Å². The first-order valence-electron chi connectivity index (χ1n) is 7.27. The van der Waals surface area contributed by atoms with Gasteiger partial charge in [-0.15, -0.1) is 11.8 Å². The summed E-state index contributed by atoms with van der Waals surface area (Å²) in [6.07, 6.45) is 2.06. The van der Waals surface area contributed by atoms with Gasteiger partial charge < -0.3 is 16.2 Å². The molecule has 0 saturated heterocycles. The molecule has 0 atom stereocenters. The second-order valence-corrected chi connectivity index (χ2v) is 5.92. The molecule has 3 aromatic rings. The van der Waals surface area contributed by atoms with Gasteiger partial charge in [-0.1, -0.05) is 12.1 Å². The van der Waals surface area contributed by atoms with Crippen molar-refractivity contribution in [1.29, 1.82) is 0 Å². The normalized spacial score (nSPS) is 10.5. The maximum atomic E-state index is 5.79. The molecule has 0 aliphatic heterocycles. The second-order valence-electron chi connectivity index (χ2n) is 5.04. The van der Waals surface area contributed by atoms with E-state index in [4.69, 9.17) is 16.2 Å². The van der Waals surface area contributed by atoms with Crippen LogP contribution in [0.15, 0.2) is 53.4 Å². The van der Waals surface area contributed by atoms with Crippen LogP contribution in [0.1, 0.15) is 5.56 Å². The van der Waals surface area contributed by atoms with Crippen molar-refractivity contribution in [1.82, 2.24) is 15.0 Å². The number of rotatable bonds is 5. The third-order valence-electron chi connectivity index (χ3n) is 3.35. The van der Waals surface area contributed by atoms with Crippen molar-refractivity contribution in [3.63, 3.8) is 0 Å². The topological polar surface area (TPSA) is 99.9 Å². The van der Waals surface area contributed by atoms with Gasteiger partial charge in [0.25, 0.3) is 0 Å². The maximum Gasteiger partial charge on any atom is 0.225 e. The van der Waals surface area contributed by atoms with Gasteiger partial charge in [-0.05, 0) is 48.2 Å². The molecule has 0 radical (unpaired) electrons. The third-order valence-corrected chi connectivity index (χ3v) is 4.09. The van der Waals surface area contributed by atoms with E-state index in [0.717, 1.165) is 16.9 Å². The van der Waals surface area contributed by atoms with Crippen LogP contribution in [0.25, 0.3) is 11.4 Å². The van der Waals surface area contributed by atoms with Gasteiger partial charge in [0.1, 0.15) is 12.4 Å². The lowest BCUT2D eigenvalue weighted by molar-refractivity contribution is 0.306. The predicted molar refractivity (Wildman–Crippen MR) is 96.6 cm³/mol. The van der Waals surface area contributed by atoms with E-state index in [1.165, 1.54) is 4.90 Å². The summed E-state index contributed by atoms with van der Waals surface area (Å²) in [5, 5.41) is 0. The molecular formula is C17H17N5OS. The summed E-state index contributed by atoms with van der Waals surface area (Å²) < 4.78 is 5.79. The van der Waals surface area contributed by atoms with Gasteiger partial charge in [0, 0.05) is 10.5 Å². The Balaban J connectivity index is 1.67. The summed E-state index contributed by atoms with van der Waals surface area (Å²) >= 11 is 1.72. The van der Waals surface area contributed by atoms with Gasteiger partial charge in [0.15, 0.2) is 5.82 Å². The smallest absolute Gasteiger partial charge is 0.225 e. The molecule has 2 aromatic carbocycles. The van der Waals surface area contributed by atoms with Crippen LogP contribution in [0, 0.1) is 0 Å². The lowest BCUT2D eigenvalue weighted by Crippen LogP contribution is -2.04. The Hall–Kier alpha value is -2.80. The molecule has 7 heteroatoms. The van der Waals surface area contributed by atoms with E-state index in [0.29, 0.717) is 12.4 Å². The molecule has 0 saturated carbocycles. The fourth-order valence-electron chi connectivity index (χ4n) is 2.13. The summed E-state index contributed by atoms with van der Waals surface area (Å²) in [5.41, 5.74) is 13.1. The van der Waals surface area contributed by atoms with Gasteiger partial charge in [0.2, 0.25) is 11.9 Å². The number of thioether (sulfide) groups is 1. The lowest BCUT2D eigenvalue weighted by Gasteiger charge is -2.08. The number of anilines is 2. The molecule has 0 unspecified atom stereocenters. The Bertz CT molecular complexity index is 801. The quantitative estimate of drug-likeness (QED) is 0.689. The van der Waals surface area contributed by atoms with E-state index in [2.05, 4.69) is 45.5 Å². The standard InChI is InChI=1S/C17H17N5OS/c1-24-14-8-2-11(3-9-14)10-23-13-6-4-12(5-7-13)15-20-16(18)22-17(19)21-15/h2-9H,10H2,1H3,(H4,18,19,20,21,22). The number of ether oxygens (including phenoxy) is 1. The average Bonchev–Trinajstić information content (AvgIpc) is 2.60. The monoisotopic (exact) mass is 339 g/mol. The zero-order valence-corrected chi connectivity index (χ0v) is 14.0. The molecular weight excluding hydrogens is 322 g/mol. The van der Waals surface area contributed by atoms with Crippen LogP contribution in [-0.4, -0.2) is 21.2 Å². The maximum absolute atomic E-state index is 5.79. The summed E-state index contributed by atoms with van der Waals surface area (Å²) in [4.78, 5) is 13.1. The Kier molecular flexibility index (Phi) is 4.81. The van der Waals surface area contributed by atoms with Gasteiger partial charge >= 0.3 is 0 Å². The fraction of sp³-hybridized carbons (Fsp3) is 0.118. The summed E-state index contributed by atoms with van der Waals surface area (Å²) in [7, 11) is 0. The molecule has 6 nitrogen and oxygen atoms in total. The lowest BCUT2D eigenvalue weighted by atomic mass is 10.2. The van der Waals surface area contributed by atoms with Crippen molar-refractivity contribution in [2.24, 2.45) is 0 Å². The van der Waals surface area contributed by atoms with E-state index in [1.807, 2.05) is 24.3 Å². The highest BCUT2D eigenvalue weighted by Gasteiger charge is 2.05. The fourth-order valence-corrected chi connectivity index (χ4v) is 2.54. The molecule has 122 valence electrons. The summed E-state index contributed by atoms with van der Waals surface area (Å²) in [6.45, 7) is 0.514. The molecule has 1 aromatic heterocycles. The highest BCUT2D eigenvalue weighted by Crippen LogP contribution is 2.21. The number of aromatic nitrogens is 3. The molecule has 0 aliphatic rings. The summed E-state index contributed by atoms with van der Waals surface area (Å²) in [5.74, 6) is 1.42. The predicted octanol–water partition coefficient (Wildman–Crippen LogP) is 3.00. The third kappa shape index (κ3) is 3.94. The van der Waals surface area contributed by atoms with Crippen LogP contribution in [0.3, 0.4) is 0 Å². The van der Waals surface area contributed by atoms with Crippen LogP contribution >= 0.6 is 11.8 Å². The van der Waals surface area contributed by atoms with Gasteiger partial charge in [-0.2, -0.15) is 15.0 Å². The van der Waals surface area contributed by atoms with Gasteiger partial charge in [-0.3, -0.25) is 0 Å². The van der Waals surface area contributed by atoms with Crippen LogP contribution < -0.4 is 16.2 Å². The zero-order valence-electron chi connectivity index (χ0n) is 13.1. The minimum Gasteiger partial charge on any atom is -0.489 e. The number of benzene rings is 2. The van der Waals surface area contributed by atoms with E-state index in [1.54, 1.807) is 11.8 Å². The molecule has 3 rings (SSSR count).